The molecule has 0 amide bonds. The van der Waals surface area contributed by atoms with E-state index in [-0.39, 0.29) is 0 Å². The molecular formula is C12H7. The third-order valence-corrected chi connectivity index (χ3v) is 2.33. The summed E-state index contributed by atoms with van der Waals surface area (Å²) in [5, 5.41) is 2.56. The molecule has 0 unspecified atom stereocenters. The minimum Gasteiger partial charge on any atom is -0.0610 e. The summed E-state index contributed by atoms with van der Waals surface area (Å²) < 4.78 is 0. The van der Waals surface area contributed by atoms with E-state index in [9.17, 15) is 0 Å². The van der Waals surface area contributed by atoms with Gasteiger partial charge in [-0.2, -0.15) is 0 Å². The van der Waals surface area contributed by atoms with Crippen molar-refractivity contribution >= 4 is 22.9 Å². The molecule has 0 heteroatoms. The van der Waals surface area contributed by atoms with E-state index in [0.717, 1.165) is 0 Å². The van der Waals surface area contributed by atoms with Crippen LogP contribution in [0.4, 0.5) is 0 Å². The standard InChI is InChI=1S/C12H7/c1-3-9-4-2-6-11-8-7-10(5-1)12(9)11/h1-3,5-8H. The molecule has 1 aliphatic carbocycles. The van der Waals surface area contributed by atoms with Crippen molar-refractivity contribution in [1.29, 1.82) is 0 Å². The van der Waals surface area contributed by atoms with Gasteiger partial charge >= 0.3 is 0 Å². The van der Waals surface area contributed by atoms with E-state index in [1.54, 1.807) is 0 Å². The molecule has 0 aliphatic heterocycles. The fraction of sp³-hybridized carbons (Fsp3) is 0. The first kappa shape index (κ1) is 6.01. The molecule has 0 nitrogen and oxygen atoms in total. The molecule has 0 fully saturated rings. The fourth-order valence-electron chi connectivity index (χ4n) is 1.77. The van der Waals surface area contributed by atoms with Crippen molar-refractivity contribution < 1.29 is 0 Å². The van der Waals surface area contributed by atoms with Gasteiger partial charge in [0.1, 0.15) is 0 Å². The first-order chi connectivity index (χ1) is 5.95. The van der Waals surface area contributed by atoms with Crippen LogP contribution in [0.25, 0.3) is 22.9 Å². The molecule has 0 saturated carbocycles. The molecule has 1 radical (unpaired) electrons. The normalized spacial score (nSPS) is 12.7. The highest BCUT2D eigenvalue weighted by Crippen LogP contribution is 2.30. The highest BCUT2D eigenvalue weighted by Gasteiger charge is 2.06. The number of rotatable bonds is 0. The van der Waals surface area contributed by atoms with Gasteiger partial charge in [0, 0.05) is 0 Å². The molecule has 0 bridgehead atoms. The summed E-state index contributed by atoms with van der Waals surface area (Å²) in [5.74, 6) is 0. The van der Waals surface area contributed by atoms with Gasteiger partial charge in [-0.3, -0.25) is 0 Å². The van der Waals surface area contributed by atoms with Crippen LogP contribution in [-0.2, 0) is 0 Å². The van der Waals surface area contributed by atoms with Gasteiger partial charge in [0.2, 0.25) is 0 Å². The first-order valence-electron chi connectivity index (χ1n) is 4.07. The summed E-state index contributed by atoms with van der Waals surface area (Å²) in [5.41, 5.74) is 2.64. The summed E-state index contributed by atoms with van der Waals surface area (Å²) >= 11 is 0. The van der Waals surface area contributed by atoms with Crippen molar-refractivity contribution in [3.05, 3.63) is 47.5 Å². The molecule has 0 saturated heterocycles. The van der Waals surface area contributed by atoms with E-state index in [1.807, 2.05) is 6.07 Å². The van der Waals surface area contributed by atoms with Gasteiger partial charge in [-0.1, -0.05) is 42.5 Å². The van der Waals surface area contributed by atoms with Crippen LogP contribution < -0.4 is 0 Å². The van der Waals surface area contributed by atoms with Crippen LogP contribution >= 0.6 is 0 Å². The van der Waals surface area contributed by atoms with E-state index in [4.69, 9.17) is 0 Å². The second-order valence-corrected chi connectivity index (χ2v) is 3.04. The van der Waals surface area contributed by atoms with Gasteiger partial charge in [0.25, 0.3) is 0 Å². The Labute approximate surface area is 71.1 Å². The topological polar surface area (TPSA) is 0 Å². The predicted octanol–water partition coefficient (Wildman–Crippen LogP) is 3.12. The molecule has 2 aromatic carbocycles. The minimum atomic E-state index is 1.22. The Morgan fingerprint density at radius 2 is 1.75 bits per heavy atom. The number of benzene rings is 2. The number of hydrogen-bond donors (Lipinski definition) is 0. The van der Waals surface area contributed by atoms with Crippen molar-refractivity contribution in [3.63, 3.8) is 0 Å². The lowest BCUT2D eigenvalue weighted by molar-refractivity contribution is 1.71. The minimum absolute atomic E-state index is 1.22. The van der Waals surface area contributed by atoms with E-state index in [0.29, 0.717) is 0 Å². The van der Waals surface area contributed by atoms with Gasteiger partial charge in [-0.25, -0.2) is 0 Å². The molecule has 55 valence electrons. The third-order valence-electron chi connectivity index (χ3n) is 2.33. The fourth-order valence-corrected chi connectivity index (χ4v) is 1.77. The average Bonchev–Trinajstić information content (AvgIpc) is 2.52. The molecular weight excluding hydrogens is 144 g/mol. The van der Waals surface area contributed by atoms with Gasteiger partial charge in [0.05, 0.1) is 0 Å². The molecule has 1 aliphatic rings. The van der Waals surface area contributed by atoms with E-state index in [2.05, 4.69) is 42.5 Å². The van der Waals surface area contributed by atoms with Crippen molar-refractivity contribution in [2.45, 2.75) is 0 Å². The second kappa shape index (κ2) is 1.98. The third kappa shape index (κ3) is 0.620. The summed E-state index contributed by atoms with van der Waals surface area (Å²) in [4.78, 5) is 0. The lowest BCUT2D eigenvalue weighted by atomic mass is 10.0. The maximum absolute atomic E-state index is 3.23. The highest BCUT2D eigenvalue weighted by molar-refractivity contribution is 6.04. The maximum Gasteiger partial charge on any atom is -0.00326 e. The molecule has 12 heavy (non-hydrogen) atoms. The van der Waals surface area contributed by atoms with Crippen LogP contribution in [-0.4, -0.2) is 0 Å². The second-order valence-electron chi connectivity index (χ2n) is 3.04. The molecule has 0 spiro atoms. The largest absolute Gasteiger partial charge is 0.0610 e. The molecule has 0 aromatic heterocycles. The Morgan fingerprint density at radius 1 is 0.917 bits per heavy atom. The van der Waals surface area contributed by atoms with Crippen LogP contribution in [0.1, 0.15) is 11.1 Å². The van der Waals surface area contributed by atoms with Crippen molar-refractivity contribution in [3.8, 4) is 0 Å². The molecule has 3 rings (SSSR count). The molecule has 0 atom stereocenters. The van der Waals surface area contributed by atoms with Crippen LogP contribution in [0.5, 0.6) is 0 Å². The number of hydrogen-bond acceptors (Lipinski definition) is 0. The van der Waals surface area contributed by atoms with E-state index < -0.39 is 0 Å². The zero-order chi connectivity index (χ0) is 7.97. The van der Waals surface area contributed by atoms with Crippen LogP contribution in [0.2, 0.25) is 0 Å². The van der Waals surface area contributed by atoms with Crippen molar-refractivity contribution in [2.24, 2.45) is 0 Å². The lowest BCUT2D eigenvalue weighted by Crippen LogP contribution is -1.76. The summed E-state index contributed by atoms with van der Waals surface area (Å²) in [6, 6.07) is 13.6. The maximum atomic E-state index is 3.23. The average molecular weight is 151 g/mol. The Kier molecular flexibility index (Phi) is 0.991. The smallest absolute Gasteiger partial charge is 0.00326 e. The summed E-state index contributed by atoms with van der Waals surface area (Å²) in [6.07, 6.45) is 4.32. The Balaban J connectivity index is 2.64. The lowest BCUT2D eigenvalue weighted by Gasteiger charge is -1.99. The quantitative estimate of drug-likeness (QED) is 0.463. The van der Waals surface area contributed by atoms with Gasteiger partial charge in [0.15, 0.2) is 0 Å². The highest BCUT2D eigenvalue weighted by atomic mass is 14.1. The molecule has 0 N–H and O–H groups in total. The Morgan fingerprint density at radius 3 is 2.67 bits per heavy atom. The Hall–Kier alpha value is -1.56. The zero-order valence-corrected chi connectivity index (χ0v) is 6.54. The van der Waals surface area contributed by atoms with Gasteiger partial charge < -0.3 is 0 Å². The van der Waals surface area contributed by atoms with Crippen molar-refractivity contribution in [2.75, 3.05) is 0 Å². The SMILES string of the molecule is [c]1ccc2c3c(cccc13)C=C2. The van der Waals surface area contributed by atoms with Crippen molar-refractivity contribution in [1.82, 2.24) is 0 Å². The monoisotopic (exact) mass is 151 g/mol. The predicted molar refractivity (Wildman–Crippen MR) is 51.7 cm³/mol. The van der Waals surface area contributed by atoms with Gasteiger partial charge in [-0.05, 0) is 28.0 Å². The van der Waals surface area contributed by atoms with Crippen LogP contribution in [0.15, 0.2) is 30.3 Å². The zero-order valence-electron chi connectivity index (χ0n) is 6.54. The molecule has 0 heterocycles. The van der Waals surface area contributed by atoms with Crippen LogP contribution in [0.3, 0.4) is 0 Å². The van der Waals surface area contributed by atoms with Crippen LogP contribution in [0, 0.1) is 6.07 Å². The first-order valence-corrected chi connectivity index (χ1v) is 4.07. The van der Waals surface area contributed by atoms with E-state index >= 15 is 0 Å². The molecule has 2 aromatic rings. The summed E-state index contributed by atoms with van der Waals surface area (Å²) in [6.45, 7) is 0. The van der Waals surface area contributed by atoms with Gasteiger partial charge in [-0.15, -0.1) is 0 Å². The Bertz CT molecular complexity index is 438. The van der Waals surface area contributed by atoms with E-state index in [1.165, 1.54) is 21.9 Å². The summed E-state index contributed by atoms with van der Waals surface area (Å²) in [7, 11) is 0.